The van der Waals surface area contributed by atoms with E-state index in [1.165, 1.54) is 24.3 Å². The van der Waals surface area contributed by atoms with E-state index in [0.29, 0.717) is 11.4 Å². The predicted octanol–water partition coefficient (Wildman–Crippen LogP) is 3.38. The minimum absolute atomic E-state index is 0.00693. The number of hydrogen-bond acceptors (Lipinski definition) is 5. The lowest BCUT2D eigenvalue weighted by molar-refractivity contribution is -0.385. The van der Waals surface area contributed by atoms with E-state index in [9.17, 15) is 19.7 Å². The van der Waals surface area contributed by atoms with Crippen LogP contribution >= 0.6 is 12.2 Å². The number of para-hydroxylation sites is 1. The summed E-state index contributed by atoms with van der Waals surface area (Å²) in [5, 5.41) is 19.2. The van der Waals surface area contributed by atoms with Gasteiger partial charge in [0.25, 0.3) is 11.6 Å². The molecule has 2 amide bonds. The molecule has 2 aromatic rings. The first kappa shape index (κ1) is 19.4. The summed E-state index contributed by atoms with van der Waals surface area (Å²) in [6.45, 7) is 1.88. The molecule has 0 radical (unpaired) electrons. The number of nitro groups is 1. The highest BCUT2D eigenvalue weighted by Gasteiger charge is 2.29. The van der Waals surface area contributed by atoms with Crippen molar-refractivity contribution in [3.05, 3.63) is 63.7 Å². The third-order valence-corrected chi connectivity index (χ3v) is 4.48. The Kier molecular flexibility index (Phi) is 5.65. The largest absolute Gasteiger partial charge is 0.332 e. The number of hydrogen-bond donors (Lipinski definition) is 3. The molecule has 3 rings (SSSR count). The molecular weight excluding hydrogens is 380 g/mol. The van der Waals surface area contributed by atoms with Crippen LogP contribution in [0.3, 0.4) is 0 Å². The lowest BCUT2D eigenvalue weighted by Crippen LogP contribution is -2.34. The summed E-state index contributed by atoms with van der Waals surface area (Å²) in [6, 6.07) is 10.9. The van der Waals surface area contributed by atoms with E-state index in [2.05, 4.69) is 16.0 Å². The summed E-state index contributed by atoms with van der Waals surface area (Å²) in [4.78, 5) is 34.7. The molecule has 0 spiro atoms. The third kappa shape index (κ3) is 4.68. The fourth-order valence-electron chi connectivity index (χ4n) is 2.57. The maximum absolute atomic E-state index is 12.3. The molecule has 9 heteroatoms. The molecule has 144 valence electrons. The van der Waals surface area contributed by atoms with Gasteiger partial charge in [0, 0.05) is 23.4 Å². The van der Waals surface area contributed by atoms with E-state index >= 15 is 0 Å². The third-order valence-electron chi connectivity index (χ3n) is 4.27. The van der Waals surface area contributed by atoms with Gasteiger partial charge in [-0.15, -0.1) is 0 Å². The maximum atomic E-state index is 12.3. The molecule has 1 aliphatic carbocycles. The first-order valence-electron chi connectivity index (χ1n) is 8.62. The molecule has 0 saturated heterocycles. The van der Waals surface area contributed by atoms with Gasteiger partial charge in [-0.05, 0) is 55.7 Å². The number of nitro benzene ring substituents is 1. The monoisotopic (exact) mass is 398 g/mol. The molecule has 0 atom stereocenters. The Hall–Kier alpha value is -3.33. The van der Waals surface area contributed by atoms with Crippen molar-refractivity contribution in [2.45, 2.75) is 19.8 Å². The molecule has 2 aromatic carbocycles. The van der Waals surface area contributed by atoms with E-state index in [1.807, 2.05) is 13.0 Å². The van der Waals surface area contributed by atoms with Crippen LogP contribution in [0.1, 0.15) is 28.8 Å². The van der Waals surface area contributed by atoms with Crippen molar-refractivity contribution < 1.29 is 14.5 Å². The number of thiocarbonyl (C=S) groups is 1. The molecule has 1 fully saturated rings. The zero-order chi connectivity index (χ0) is 20.3. The van der Waals surface area contributed by atoms with Crippen molar-refractivity contribution in [3.8, 4) is 0 Å². The average Bonchev–Trinajstić information content (AvgIpc) is 3.49. The van der Waals surface area contributed by atoms with Crippen molar-refractivity contribution in [1.82, 2.24) is 5.32 Å². The van der Waals surface area contributed by atoms with Gasteiger partial charge in [0.1, 0.15) is 5.56 Å². The van der Waals surface area contributed by atoms with Crippen molar-refractivity contribution >= 4 is 46.2 Å². The summed E-state index contributed by atoms with van der Waals surface area (Å²) in [6.07, 6.45) is 1.81. The normalized spacial score (nSPS) is 12.8. The van der Waals surface area contributed by atoms with Crippen LogP contribution < -0.4 is 16.0 Å². The van der Waals surface area contributed by atoms with Crippen molar-refractivity contribution in [2.75, 3.05) is 10.6 Å². The summed E-state index contributed by atoms with van der Waals surface area (Å²) in [7, 11) is 0. The van der Waals surface area contributed by atoms with Gasteiger partial charge < -0.3 is 10.6 Å². The second-order valence-corrected chi connectivity index (χ2v) is 6.88. The number of anilines is 2. The summed E-state index contributed by atoms with van der Waals surface area (Å²) < 4.78 is 0. The van der Waals surface area contributed by atoms with Gasteiger partial charge in [-0.2, -0.15) is 0 Å². The van der Waals surface area contributed by atoms with Gasteiger partial charge >= 0.3 is 0 Å². The Balaban J connectivity index is 1.67. The summed E-state index contributed by atoms with van der Waals surface area (Å²) in [5.74, 6) is -0.607. The lowest BCUT2D eigenvalue weighted by atomic mass is 10.1. The minimum atomic E-state index is -0.681. The second-order valence-electron chi connectivity index (χ2n) is 6.48. The zero-order valence-electron chi connectivity index (χ0n) is 15.0. The maximum Gasteiger partial charge on any atom is 0.282 e. The Morgan fingerprint density at radius 2 is 1.86 bits per heavy atom. The second kappa shape index (κ2) is 8.13. The minimum Gasteiger partial charge on any atom is -0.332 e. The standard InChI is InChI=1S/C19H18N4O4S/c1-11-6-9-13(10-15(11)21-17(24)12-7-8-12)20-19(28)22-18(25)14-4-2-3-5-16(14)23(26)27/h2-6,9-10,12H,7-8H2,1H3,(H,21,24)(H2,20,22,25,28). The number of carbonyl (C=O) groups excluding carboxylic acids is 2. The smallest absolute Gasteiger partial charge is 0.282 e. The highest BCUT2D eigenvalue weighted by molar-refractivity contribution is 7.80. The molecule has 0 heterocycles. The number of nitrogens with zero attached hydrogens (tertiary/aromatic N) is 1. The van der Waals surface area contributed by atoms with Crippen molar-refractivity contribution in [2.24, 2.45) is 5.92 Å². The van der Waals surface area contributed by atoms with Crippen LogP contribution in [0.2, 0.25) is 0 Å². The van der Waals surface area contributed by atoms with E-state index in [4.69, 9.17) is 12.2 Å². The molecule has 28 heavy (non-hydrogen) atoms. The van der Waals surface area contributed by atoms with Crippen molar-refractivity contribution in [1.29, 1.82) is 0 Å². The first-order chi connectivity index (χ1) is 13.3. The number of amides is 2. The van der Waals surface area contributed by atoms with E-state index in [-0.39, 0.29) is 28.2 Å². The van der Waals surface area contributed by atoms with Gasteiger partial charge in [-0.1, -0.05) is 18.2 Å². The SMILES string of the molecule is Cc1ccc(NC(=S)NC(=O)c2ccccc2[N+](=O)[O-])cc1NC(=O)C1CC1. The fourth-order valence-corrected chi connectivity index (χ4v) is 2.78. The van der Waals surface area contributed by atoms with Crippen LogP contribution in [-0.4, -0.2) is 21.9 Å². The quantitative estimate of drug-likeness (QED) is 0.404. The van der Waals surface area contributed by atoms with Gasteiger partial charge in [0.05, 0.1) is 4.92 Å². The molecule has 0 aliphatic heterocycles. The highest BCUT2D eigenvalue weighted by Crippen LogP contribution is 2.31. The van der Waals surface area contributed by atoms with E-state index in [1.54, 1.807) is 12.1 Å². The van der Waals surface area contributed by atoms with Gasteiger partial charge in [0.15, 0.2) is 5.11 Å². The Morgan fingerprint density at radius 1 is 1.14 bits per heavy atom. The zero-order valence-corrected chi connectivity index (χ0v) is 15.8. The van der Waals surface area contributed by atoms with Crippen LogP contribution in [-0.2, 0) is 4.79 Å². The highest BCUT2D eigenvalue weighted by atomic mass is 32.1. The van der Waals surface area contributed by atoms with Crippen LogP contribution in [0.5, 0.6) is 0 Å². The van der Waals surface area contributed by atoms with Gasteiger partial charge in [0.2, 0.25) is 5.91 Å². The lowest BCUT2D eigenvalue weighted by Gasteiger charge is -2.13. The molecule has 1 saturated carbocycles. The number of benzene rings is 2. The van der Waals surface area contributed by atoms with Gasteiger partial charge in [-0.25, -0.2) is 0 Å². The summed E-state index contributed by atoms with van der Waals surface area (Å²) in [5.41, 5.74) is 1.75. The van der Waals surface area contributed by atoms with Crippen molar-refractivity contribution in [3.63, 3.8) is 0 Å². The van der Waals surface area contributed by atoms with Crippen LogP contribution in [0.4, 0.5) is 17.1 Å². The van der Waals surface area contributed by atoms with Gasteiger partial charge in [-0.3, -0.25) is 25.0 Å². The fraction of sp³-hybridized carbons (Fsp3) is 0.211. The number of carbonyl (C=O) groups is 2. The molecule has 3 N–H and O–H groups in total. The number of rotatable bonds is 5. The molecule has 1 aliphatic rings. The molecular formula is C19H18N4O4S. The Labute approximate surface area is 166 Å². The molecule has 0 bridgehead atoms. The van der Waals surface area contributed by atoms with Crippen LogP contribution in [0.15, 0.2) is 42.5 Å². The number of nitrogens with one attached hydrogen (secondary N) is 3. The molecule has 0 unspecified atom stereocenters. The average molecular weight is 398 g/mol. The Morgan fingerprint density at radius 3 is 2.54 bits per heavy atom. The predicted molar refractivity (Wildman–Crippen MR) is 109 cm³/mol. The number of aryl methyl sites for hydroxylation is 1. The van der Waals surface area contributed by atoms with Crippen LogP contribution in [0.25, 0.3) is 0 Å². The summed E-state index contributed by atoms with van der Waals surface area (Å²) >= 11 is 5.14. The molecule has 8 nitrogen and oxygen atoms in total. The first-order valence-corrected chi connectivity index (χ1v) is 9.03. The topological polar surface area (TPSA) is 113 Å². The molecule has 0 aromatic heterocycles. The van der Waals surface area contributed by atoms with E-state index in [0.717, 1.165) is 18.4 Å². The van der Waals surface area contributed by atoms with E-state index < -0.39 is 10.8 Å². The van der Waals surface area contributed by atoms with Crippen LogP contribution in [0, 0.1) is 23.0 Å². The Bertz CT molecular complexity index is 972.